The van der Waals surface area contributed by atoms with Crippen LogP contribution in [0.2, 0.25) is 0 Å². The van der Waals surface area contributed by atoms with Crippen LogP contribution in [-0.4, -0.2) is 18.5 Å². The van der Waals surface area contributed by atoms with Gasteiger partial charge in [0.15, 0.2) is 6.61 Å². The summed E-state index contributed by atoms with van der Waals surface area (Å²) < 4.78 is 44.1. The van der Waals surface area contributed by atoms with E-state index in [9.17, 15) is 22.8 Å². The molecule has 0 heterocycles. The summed E-state index contributed by atoms with van der Waals surface area (Å²) >= 11 is 0. The number of benzene rings is 2. The van der Waals surface area contributed by atoms with Gasteiger partial charge in [-0.1, -0.05) is 6.07 Å². The Hall–Kier alpha value is -2.83. The SMILES string of the molecule is Cc1ccc(NC(=O)COC(=O)c2ccc(F)cc2F)cc1F. The van der Waals surface area contributed by atoms with Crippen molar-refractivity contribution >= 4 is 17.6 Å². The summed E-state index contributed by atoms with van der Waals surface area (Å²) in [6.45, 7) is 0.880. The van der Waals surface area contributed by atoms with Gasteiger partial charge in [0.05, 0.1) is 5.56 Å². The highest BCUT2D eigenvalue weighted by molar-refractivity contribution is 5.95. The first-order chi connectivity index (χ1) is 10.9. The van der Waals surface area contributed by atoms with E-state index in [0.29, 0.717) is 11.6 Å². The summed E-state index contributed by atoms with van der Waals surface area (Å²) in [5.74, 6) is -4.24. The molecule has 0 aliphatic carbocycles. The highest BCUT2D eigenvalue weighted by atomic mass is 19.1. The molecule has 0 radical (unpaired) electrons. The highest BCUT2D eigenvalue weighted by Gasteiger charge is 2.15. The van der Waals surface area contributed by atoms with Gasteiger partial charge in [0, 0.05) is 11.8 Å². The second-order valence-electron chi connectivity index (χ2n) is 4.71. The van der Waals surface area contributed by atoms with Crippen LogP contribution in [0.5, 0.6) is 0 Å². The molecule has 2 aromatic rings. The number of esters is 1. The minimum Gasteiger partial charge on any atom is -0.452 e. The molecule has 0 bridgehead atoms. The monoisotopic (exact) mass is 323 g/mol. The van der Waals surface area contributed by atoms with Crippen molar-refractivity contribution in [1.29, 1.82) is 0 Å². The molecule has 2 aromatic carbocycles. The van der Waals surface area contributed by atoms with Crippen molar-refractivity contribution in [2.45, 2.75) is 6.92 Å². The lowest BCUT2D eigenvalue weighted by Crippen LogP contribution is -2.21. The van der Waals surface area contributed by atoms with Crippen LogP contribution in [0.4, 0.5) is 18.9 Å². The van der Waals surface area contributed by atoms with Crippen molar-refractivity contribution in [3.05, 3.63) is 65.0 Å². The van der Waals surface area contributed by atoms with E-state index >= 15 is 0 Å². The summed E-state index contributed by atoms with van der Waals surface area (Å²) in [4.78, 5) is 23.2. The molecule has 1 amide bonds. The molecule has 0 aromatic heterocycles. The van der Waals surface area contributed by atoms with Crippen LogP contribution in [0, 0.1) is 24.4 Å². The molecule has 23 heavy (non-hydrogen) atoms. The van der Waals surface area contributed by atoms with Crippen molar-refractivity contribution in [2.24, 2.45) is 0 Å². The largest absolute Gasteiger partial charge is 0.452 e. The summed E-state index contributed by atoms with van der Waals surface area (Å²) in [5.41, 5.74) is 0.129. The molecule has 0 atom stereocenters. The molecule has 0 fully saturated rings. The predicted molar refractivity (Wildman–Crippen MR) is 76.4 cm³/mol. The predicted octanol–water partition coefficient (Wildman–Crippen LogP) is 3.21. The normalized spacial score (nSPS) is 10.3. The number of halogens is 3. The summed E-state index contributed by atoms with van der Waals surface area (Å²) in [5, 5.41) is 2.33. The zero-order valence-corrected chi connectivity index (χ0v) is 12.0. The van der Waals surface area contributed by atoms with Crippen LogP contribution in [0.25, 0.3) is 0 Å². The van der Waals surface area contributed by atoms with Crippen LogP contribution in [-0.2, 0) is 9.53 Å². The summed E-state index contributed by atoms with van der Waals surface area (Å²) in [6, 6.07) is 6.43. The first-order valence-corrected chi connectivity index (χ1v) is 6.55. The molecule has 0 spiro atoms. The average Bonchev–Trinajstić information content (AvgIpc) is 2.48. The Balaban J connectivity index is 1.93. The Morgan fingerprint density at radius 1 is 1.04 bits per heavy atom. The van der Waals surface area contributed by atoms with Crippen molar-refractivity contribution in [3.8, 4) is 0 Å². The zero-order chi connectivity index (χ0) is 17.0. The fraction of sp³-hybridized carbons (Fsp3) is 0.125. The Kier molecular flexibility index (Phi) is 5.00. The van der Waals surface area contributed by atoms with E-state index in [0.717, 1.165) is 18.2 Å². The van der Waals surface area contributed by atoms with Crippen molar-refractivity contribution in [3.63, 3.8) is 0 Å². The standard InChI is InChI=1S/C16H12F3NO3/c1-9-2-4-11(7-13(9)18)20-15(21)8-23-16(22)12-5-3-10(17)6-14(12)19/h2-7H,8H2,1H3,(H,20,21). The Bertz CT molecular complexity index is 762. The van der Waals surface area contributed by atoms with Crippen LogP contribution in [0.1, 0.15) is 15.9 Å². The van der Waals surface area contributed by atoms with E-state index < -0.39 is 41.5 Å². The first kappa shape index (κ1) is 16.5. The number of amides is 1. The quantitative estimate of drug-likeness (QED) is 0.879. The third-order valence-corrected chi connectivity index (χ3v) is 2.94. The van der Waals surface area contributed by atoms with Gasteiger partial charge in [0.1, 0.15) is 17.5 Å². The molecule has 120 valence electrons. The number of rotatable bonds is 4. The number of hydrogen-bond donors (Lipinski definition) is 1. The number of carbonyl (C=O) groups is 2. The Morgan fingerprint density at radius 2 is 1.78 bits per heavy atom. The van der Waals surface area contributed by atoms with Gasteiger partial charge in [0.2, 0.25) is 0 Å². The molecule has 0 aliphatic rings. The van der Waals surface area contributed by atoms with E-state index in [1.165, 1.54) is 12.1 Å². The van der Waals surface area contributed by atoms with E-state index in [4.69, 9.17) is 0 Å². The second-order valence-corrected chi connectivity index (χ2v) is 4.71. The van der Waals surface area contributed by atoms with Gasteiger partial charge in [-0.2, -0.15) is 0 Å². The molecule has 0 saturated heterocycles. The van der Waals surface area contributed by atoms with E-state index in [1.807, 2.05) is 0 Å². The first-order valence-electron chi connectivity index (χ1n) is 6.55. The van der Waals surface area contributed by atoms with Gasteiger partial charge < -0.3 is 10.1 Å². The molecule has 0 saturated carbocycles. The van der Waals surface area contributed by atoms with Crippen LogP contribution in [0.15, 0.2) is 36.4 Å². The fourth-order valence-electron chi connectivity index (χ4n) is 1.73. The Labute approximate surface area is 129 Å². The highest BCUT2D eigenvalue weighted by Crippen LogP contribution is 2.14. The van der Waals surface area contributed by atoms with Gasteiger partial charge in [-0.3, -0.25) is 4.79 Å². The molecule has 1 N–H and O–H groups in total. The molecule has 4 nitrogen and oxygen atoms in total. The van der Waals surface area contributed by atoms with Crippen LogP contribution >= 0.6 is 0 Å². The molecule has 0 aliphatic heterocycles. The molecule has 2 rings (SSSR count). The van der Waals surface area contributed by atoms with Gasteiger partial charge in [-0.05, 0) is 36.8 Å². The number of hydrogen-bond acceptors (Lipinski definition) is 3. The van der Waals surface area contributed by atoms with E-state index in [-0.39, 0.29) is 5.69 Å². The zero-order valence-electron chi connectivity index (χ0n) is 12.0. The number of nitrogens with one attached hydrogen (secondary N) is 1. The van der Waals surface area contributed by atoms with Gasteiger partial charge in [-0.25, -0.2) is 18.0 Å². The molecule has 7 heteroatoms. The lowest BCUT2D eigenvalue weighted by atomic mass is 10.2. The van der Waals surface area contributed by atoms with Crippen molar-refractivity contribution in [2.75, 3.05) is 11.9 Å². The van der Waals surface area contributed by atoms with Crippen LogP contribution in [0.3, 0.4) is 0 Å². The lowest BCUT2D eigenvalue weighted by Gasteiger charge is -2.08. The minimum absolute atomic E-state index is 0.196. The third-order valence-electron chi connectivity index (χ3n) is 2.94. The average molecular weight is 323 g/mol. The Morgan fingerprint density at radius 3 is 2.43 bits per heavy atom. The van der Waals surface area contributed by atoms with Gasteiger partial charge in [-0.15, -0.1) is 0 Å². The maximum absolute atomic E-state index is 13.4. The van der Waals surface area contributed by atoms with Crippen molar-refractivity contribution < 1.29 is 27.5 Å². The van der Waals surface area contributed by atoms with Crippen LogP contribution < -0.4 is 5.32 Å². The fourth-order valence-corrected chi connectivity index (χ4v) is 1.73. The van der Waals surface area contributed by atoms with Gasteiger partial charge >= 0.3 is 5.97 Å². The molecular weight excluding hydrogens is 311 g/mol. The number of anilines is 1. The van der Waals surface area contributed by atoms with Gasteiger partial charge in [0.25, 0.3) is 5.91 Å². The third kappa shape index (κ3) is 4.32. The molecular formula is C16H12F3NO3. The van der Waals surface area contributed by atoms with E-state index in [1.54, 1.807) is 6.92 Å². The maximum atomic E-state index is 13.4. The van der Waals surface area contributed by atoms with Crippen molar-refractivity contribution in [1.82, 2.24) is 0 Å². The summed E-state index contributed by atoms with van der Waals surface area (Å²) in [7, 11) is 0. The second kappa shape index (κ2) is 6.95. The number of aryl methyl sites for hydroxylation is 1. The smallest absolute Gasteiger partial charge is 0.341 e. The lowest BCUT2D eigenvalue weighted by molar-refractivity contribution is -0.119. The summed E-state index contributed by atoms with van der Waals surface area (Å²) in [6.07, 6.45) is 0. The number of carbonyl (C=O) groups excluding carboxylic acids is 2. The minimum atomic E-state index is -1.10. The topological polar surface area (TPSA) is 55.4 Å². The maximum Gasteiger partial charge on any atom is 0.341 e. The number of ether oxygens (including phenoxy) is 1. The van der Waals surface area contributed by atoms with E-state index in [2.05, 4.69) is 10.1 Å². The molecule has 0 unspecified atom stereocenters.